The molecule has 1 aromatic carbocycles. The summed E-state index contributed by atoms with van der Waals surface area (Å²) in [7, 11) is 1.52. The number of halogens is 3. The molecule has 0 saturated carbocycles. The number of anilines is 1. The molecule has 0 aliphatic carbocycles. The van der Waals surface area contributed by atoms with Crippen LogP contribution in [0.25, 0.3) is 11.3 Å². The molecule has 0 radical (unpaired) electrons. The molecule has 3 nitrogen and oxygen atoms in total. The Balaban J connectivity index is 2.65. The van der Waals surface area contributed by atoms with Crippen molar-refractivity contribution >= 4 is 5.82 Å². The normalized spacial score (nSPS) is 11.5. The van der Waals surface area contributed by atoms with Gasteiger partial charge in [0, 0.05) is 18.7 Å². The van der Waals surface area contributed by atoms with E-state index in [0.29, 0.717) is 5.56 Å². The monoisotopic (exact) mass is 281 g/mol. The average molecular weight is 281 g/mol. The van der Waals surface area contributed by atoms with Crippen LogP contribution in [0.2, 0.25) is 0 Å². The second-order valence-corrected chi connectivity index (χ2v) is 4.46. The molecule has 0 aliphatic rings. The summed E-state index contributed by atoms with van der Waals surface area (Å²) < 4.78 is 38.5. The fourth-order valence-corrected chi connectivity index (χ4v) is 1.87. The molecular formula is C14H14F3N3. The standard InChI is InChI=1S/C14H14F3N3/c1-8-5-4-6-10(9(8)2)11-7-12(18-3)20-13(19-11)14(15,16)17/h4-7H,1-3H3,(H,18,19,20). The highest BCUT2D eigenvalue weighted by Crippen LogP contribution is 2.31. The van der Waals surface area contributed by atoms with Gasteiger partial charge in [-0.1, -0.05) is 18.2 Å². The fourth-order valence-electron chi connectivity index (χ4n) is 1.87. The summed E-state index contributed by atoms with van der Waals surface area (Å²) in [6, 6.07) is 6.97. The van der Waals surface area contributed by atoms with Crippen LogP contribution < -0.4 is 5.32 Å². The number of aromatic nitrogens is 2. The van der Waals surface area contributed by atoms with Crippen LogP contribution in [-0.4, -0.2) is 17.0 Å². The molecule has 0 unspecified atom stereocenters. The van der Waals surface area contributed by atoms with Gasteiger partial charge in [0.2, 0.25) is 5.82 Å². The van der Waals surface area contributed by atoms with E-state index in [1.54, 1.807) is 12.1 Å². The van der Waals surface area contributed by atoms with Crippen molar-refractivity contribution in [2.45, 2.75) is 20.0 Å². The minimum absolute atomic E-state index is 0.142. The first-order valence-electron chi connectivity index (χ1n) is 6.03. The second-order valence-electron chi connectivity index (χ2n) is 4.46. The summed E-state index contributed by atoms with van der Waals surface area (Å²) in [5.74, 6) is -0.997. The van der Waals surface area contributed by atoms with E-state index >= 15 is 0 Å². The predicted octanol–water partition coefficient (Wildman–Crippen LogP) is 3.82. The van der Waals surface area contributed by atoms with Gasteiger partial charge in [-0.25, -0.2) is 9.97 Å². The molecule has 1 N–H and O–H groups in total. The zero-order chi connectivity index (χ0) is 14.9. The number of nitrogens with one attached hydrogen (secondary N) is 1. The Hall–Kier alpha value is -2.11. The number of hydrogen-bond donors (Lipinski definition) is 1. The third kappa shape index (κ3) is 2.74. The molecule has 0 saturated heterocycles. The Labute approximate surface area is 114 Å². The van der Waals surface area contributed by atoms with Gasteiger partial charge in [0.25, 0.3) is 0 Å². The van der Waals surface area contributed by atoms with Crippen molar-refractivity contribution in [3.63, 3.8) is 0 Å². The smallest absolute Gasteiger partial charge is 0.373 e. The van der Waals surface area contributed by atoms with Gasteiger partial charge in [-0.15, -0.1) is 0 Å². The van der Waals surface area contributed by atoms with Crippen LogP contribution in [0, 0.1) is 13.8 Å². The summed E-state index contributed by atoms with van der Waals surface area (Å²) in [4.78, 5) is 7.10. The Kier molecular flexibility index (Phi) is 3.65. The van der Waals surface area contributed by atoms with Crippen LogP contribution in [0.1, 0.15) is 17.0 Å². The maximum atomic E-state index is 12.8. The summed E-state index contributed by atoms with van der Waals surface area (Å²) in [6.45, 7) is 3.77. The molecule has 6 heteroatoms. The predicted molar refractivity (Wildman–Crippen MR) is 71.5 cm³/mol. The lowest BCUT2D eigenvalue weighted by atomic mass is 10.0. The maximum absolute atomic E-state index is 12.8. The van der Waals surface area contributed by atoms with Gasteiger partial charge < -0.3 is 5.32 Å². The number of hydrogen-bond acceptors (Lipinski definition) is 3. The van der Waals surface area contributed by atoms with E-state index in [1.807, 2.05) is 19.9 Å². The molecule has 0 spiro atoms. The van der Waals surface area contributed by atoms with E-state index in [-0.39, 0.29) is 11.5 Å². The third-order valence-electron chi connectivity index (χ3n) is 3.12. The molecule has 1 aromatic heterocycles. The molecule has 20 heavy (non-hydrogen) atoms. The molecule has 2 aromatic rings. The van der Waals surface area contributed by atoms with Crippen molar-refractivity contribution in [3.05, 3.63) is 41.2 Å². The van der Waals surface area contributed by atoms with E-state index < -0.39 is 12.0 Å². The SMILES string of the molecule is CNc1cc(-c2cccc(C)c2C)nc(C(F)(F)F)n1. The zero-order valence-corrected chi connectivity index (χ0v) is 11.3. The molecule has 106 valence electrons. The molecule has 0 amide bonds. The lowest BCUT2D eigenvalue weighted by Crippen LogP contribution is -2.13. The van der Waals surface area contributed by atoms with Crippen LogP contribution >= 0.6 is 0 Å². The molecule has 0 bridgehead atoms. The minimum atomic E-state index is -4.57. The highest BCUT2D eigenvalue weighted by molar-refractivity contribution is 5.67. The van der Waals surface area contributed by atoms with Crippen molar-refractivity contribution < 1.29 is 13.2 Å². The van der Waals surface area contributed by atoms with Gasteiger partial charge in [-0.05, 0) is 25.0 Å². The van der Waals surface area contributed by atoms with Gasteiger partial charge in [-0.3, -0.25) is 0 Å². The highest BCUT2D eigenvalue weighted by atomic mass is 19.4. The average Bonchev–Trinajstić information content (AvgIpc) is 2.40. The van der Waals surface area contributed by atoms with E-state index in [9.17, 15) is 13.2 Å². The van der Waals surface area contributed by atoms with Crippen LogP contribution in [0.3, 0.4) is 0 Å². The second kappa shape index (κ2) is 5.11. The Bertz CT molecular complexity index is 636. The first-order valence-corrected chi connectivity index (χ1v) is 6.03. The van der Waals surface area contributed by atoms with Gasteiger partial charge in [0.15, 0.2) is 0 Å². The van der Waals surface area contributed by atoms with Crippen molar-refractivity contribution in [3.8, 4) is 11.3 Å². The number of nitrogens with zero attached hydrogens (tertiary/aromatic N) is 2. The van der Waals surface area contributed by atoms with Crippen LogP contribution in [-0.2, 0) is 6.18 Å². The van der Waals surface area contributed by atoms with Gasteiger partial charge in [-0.2, -0.15) is 13.2 Å². The number of benzene rings is 1. The first kappa shape index (κ1) is 14.3. The zero-order valence-electron chi connectivity index (χ0n) is 11.3. The van der Waals surface area contributed by atoms with E-state index in [1.165, 1.54) is 13.1 Å². The van der Waals surface area contributed by atoms with Gasteiger partial charge >= 0.3 is 6.18 Å². The first-order chi connectivity index (χ1) is 9.32. The van der Waals surface area contributed by atoms with Crippen molar-refractivity contribution in [1.29, 1.82) is 0 Å². The Morgan fingerprint density at radius 3 is 2.40 bits per heavy atom. The quantitative estimate of drug-likeness (QED) is 0.909. The van der Waals surface area contributed by atoms with Gasteiger partial charge in [0.1, 0.15) is 5.82 Å². The lowest BCUT2D eigenvalue weighted by molar-refractivity contribution is -0.144. The number of rotatable bonds is 2. The van der Waals surface area contributed by atoms with Crippen molar-refractivity contribution in [1.82, 2.24) is 9.97 Å². The topological polar surface area (TPSA) is 37.8 Å². The third-order valence-corrected chi connectivity index (χ3v) is 3.12. The largest absolute Gasteiger partial charge is 0.451 e. The number of aryl methyl sites for hydroxylation is 1. The highest BCUT2D eigenvalue weighted by Gasteiger charge is 2.35. The minimum Gasteiger partial charge on any atom is -0.373 e. The summed E-state index contributed by atoms with van der Waals surface area (Å²) >= 11 is 0. The maximum Gasteiger partial charge on any atom is 0.451 e. The van der Waals surface area contributed by atoms with Crippen molar-refractivity contribution in [2.75, 3.05) is 12.4 Å². The molecule has 2 rings (SSSR count). The molecule has 0 atom stereocenters. The molecule has 1 heterocycles. The van der Waals surface area contributed by atoms with E-state index in [2.05, 4.69) is 15.3 Å². The van der Waals surface area contributed by atoms with Crippen LogP contribution in [0.5, 0.6) is 0 Å². The summed E-state index contributed by atoms with van der Waals surface area (Å²) in [6.07, 6.45) is -4.57. The van der Waals surface area contributed by atoms with E-state index in [4.69, 9.17) is 0 Å². The Morgan fingerprint density at radius 1 is 1.10 bits per heavy atom. The molecular weight excluding hydrogens is 267 g/mol. The van der Waals surface area contributed by atoms with Gasteiger partial charge in [0.05, 0.1) is 5.69 Å². The lowest BCUT2D eigenvalue weighted by Gasteiger charge is -2.12. The fraction of sp³-hybridized carbons (Fsp3) is 0.286. The van der Waals surface area contributed by atoms with E-state index in [0.717, 1.165) is 11.1 Å². The Morgan fingerprint density at radius 2 is 1.80 bits per heavy atom. The molecule has 0 fully saturated rings. The molecule has 0 aliphatic heterocycles. The van der Waals surface area contributed by atoms with Crippen molar-refractivity contribution in [2.24, 2.45) is 0 Å². The van der Waals surface area contributed by atoms with Crippen LogP contribution in [0.4, 0.5) is 19.0 Å². The summed E-state index contributed by atoms with van der Waals surface area (Å²) in [5, 5.41) is 2.63. The summed E-state index contributed by atoms with van der Waals surface area (Å²) in [5.41, 5.74) is 2.84. The van der Waals surface area contributed by atoms with Crippen LogP contribution in [0.15, 0.2) is 24.3 Å². The number of alkyl halides is 3.